The van der Waals surface area contributed by atoms with E-state index in [1.807, 2.05) is 0 Å². The maximum atomic E-state index is 6.75. The topological polar surface area (TPSA) is 26.1 Å². The Hall–Kier alpha value is -10.4. The highest BCUT2D eigenvalue weighted by molar-refractivity contribution is 6.08. The number of rotatable bonds is 14. The Morgan fingerprint density at radius 2 is 0.403 bits per heavy atom. The van der Waals surface area contributed by atoms with Crippen molar-refractivity contribution in [3.63, 3.8) is 0 Å². The van der Waals surface area contributed by atoms with E-state index in [1.54, 1.807) is 0 Å². The first kappa shape index (κ1) is 46.4. The predicted molar refractivity (Wildman–Crippen MR) is 323 cm³/mol. The first-order chi connectivity index (χ1) is 38.2. The van der Waals surface area contributed by atoms with E-state index in [0.29, 0.717) is 0 Å². The summed E-state index contributed by atoms with van der Waals surface area (Å²) in [7, 11) is 0. The lowest BCUT2D eigenvalue weighted by Crippen LogP contribution is -2.13. The van der Waals surface area contributed by atoms with E-state index in [1.165, 1.54) is 0 Å². The molecule has 0 bridgehead atoms. The standard InChI is InChI=1S/C72H52N4O/c1-9-25-53(26-10-1)55-45-65(73(57-29-13-3-14-30-57)58-31-15-4-16-32-58)49-67(47-55)75(61-37-21-7-22-38-61)63-41-43-71-69(51-63)70-52-64(42-44-72(70)77-71)76(62-39-23-8-24-40-62)68-48-56(54-27-11-2-12-28-54)46-66(50-68)74(59-33-17-5-18-34-59)60-35-19-6-20-36-60/h1-52H. The molecule has 13 aromatic rings. The maximum absolute atomic E-state index is 6.75. The van der Waals surface area contributed by atoms with Crippen LogP contribution in [-0.2, 0) is 0 Å². The van der Waals surface area contributed by atoms with Crippen molar-refractivity contribution < 1.29 is 4.42 Å². The first-order valence-corrected chi connectivity index (χ1v) is 26.1. The van der Waals surface area contributed by atoms with Gasteiger partial charge in [-0.05, 0) is 168 Å². The van der Waals surface area contributed by atoms with Crippen molar-refractivity contribution in [1.82, 2.24) is 0 Å². The molecular weight excluding hydrogens is 937 g/mol. The molecule has 0 saturated heterocycles. The molecule has 0 unspecified atom stereocenters. The highest BCUT2D eigenvalue weighted by Crippen LogP contribution is 2.47. The largest absolute Gasteiger partial charge is 0.456 e. The molecule has 0 N–H and O–H groups in total. The van der Waals surface area contributed by atoms with Crippen LogP contribution >= 0.6 is 0 Å². The van der Waals surface area contributed by atoms with Gasteiger partial charge in [-0.15, -0.1) is 0 Å². The first-order valence-electron chi connectivity index (χ1n) is 26.1. The number of anilines is 12. The predicted octanol–water partition coefficient (Wildman–Crippen LogP) is 20.8. The van der Waals surface area contributed by atoms with E-state index in [-0.39, 0.29) is 0 Å². The third-order valence-electron chi connectivity index (χ3n) is 14.1. The Labute approximate surface area is 449 Å². The molecule has 77 heavy (non-hydrogen) atoms. The fraction of sp³-hybridized carbons (Fsp3) is 0. The zero-order chi connectivity index (χ0) is 51.3. The van der Waals surface area contributed by atoms with Gasteiger partial charge in [-0.3, -0.25) is 0 Å². The summed E-state index contributed by atoms with van der Waals surface area (Å²) >= 11 is 0. The van der Waals surface area contributed by atoms with Crippen LogP contribution in [0.4, 0.5) is 68.2 Å². The highest BCUT2D eigenvalue weighted by Gasteiger charge is 2.23. The van der Waals surface area contributed by atoms with E-state index in [0.717, 1.165) is 112 Å². The average molecular weight is 989 g/mol. The summed E-state index contributed by atoms with van der Waals surface area (Å²) in [6.45, 7) is 0. The average Bonchev–Trinajstić information content (AvgIpc) is 3.89. The number of para-hydroxylation sites is 6. The summed E-state index contributed by atoms with van der Waals surface area (Å²) in [5.41, 5.74) is 18.5. The molecule has 0 spiro atoms. The van der Waals surface area contributed by atoms with Crippen molar-refractivity contribution in [1.29, 1.82) is 0 Å². The molecule has 0 saturated carbocycles. The summed E-state index contributed by atoms with van der Waals surface area (Å²) in [5.74, 6) is 0. The van der Waals surface area contributed by atoms with Gasteiger partial charge in [0.1, 0.15) is 11.2 Å². The summed E-state index contributed by atoms with van der Waals surface area (Å²) in [4.78, 5) is 9.41. The molecule has 0 aliphatic rings. The Morgan fingerprint density at radius 1 is 0.169 bits per heavy atom. The van der Waals surface area contributed by atoms with Gasteiger partial charge in [-0.2, -0.15) is 0 Å². The van der Waals surface area contributed by atoms with E-state index in [2.05, 4.69) is 335 Å². The van der Waals surface area contributed by atoms with Crippen molar-refractivity contribution in [2.45, 2.75) is 0 Å². The minimum atomic E-state index is 0.813. The summed E-state index contributed by atoms with van der Waals surface area (Å²) in [5, 5.41) is 2.03. The quantitative estimate of drug-likeness (QED) is 0.108. The molecule has 0 aliphatic carbocycles. The number of furan rings is 1. The Bertz CT molecular complexity index is 3740. The number of hydrogen-bond donors (Lipinski definition) is 0. The minimum Gasteiger partial charge on any atom is -0.456 e. The fourth-order valence-electron chi connectivity index (χ4n) is 10.6. The van der Waals surface area contributed by atoms with Gasteiger partial charge in [0.15, 0.2) is 0 Å². The molecule has 5 nitrogen and oxygen atoms in total. The van der Waals surface area contributed by atoms with Crippen LogP contribution in [0, 0.1) is 0 Å². The number of fused-ring (bicyclic) bond motifs is 3. The normalized spacial score (nSPS) is 11.1. The Morgan fingerprint density at radius 3 is 0.662 bits per heavy atom. The molecule has 0 aliphatic heterocycles. The van der Waals surface area contributed by atoms with Crippen LogP contribution in [0.15, 0.2) is 320 Å². The van der Waals surface area contributed by atoms with Gasteiger partial charge in [0.2, 0.25) is 0 Å². The highest BCUT2D eigenvalue weighted by atomic mass is 16.3. The second kappa shape index (κ2) is 20.9. The summed E-state index contributed by atoms with van der Waals surface area (Å²) < 4.78 is 6.75. The van der Waals surface area contributed by atoms with Gasteiger partial charge in [-0.25, -0.2) is 0 Å². The molecule has 1 aromatic heterocycles. The van der Waals surface area contributed by atoms with E-state index in [9.17, 15) is 0 Å². The SMILES string of the molecule is c1ccc(-c2cc(N(c3ccccc3)c3ccccc3)cc(N(c3ccccc3)c3ccc4oc5ccc(N(c6ccccc6)c6cc(-c7ccccc7)cc(N(c7ccccc7)c7ccccc7)c6)cc5c4c3)c2)cc1. The smallest absolute Gasteiger partial charge is 0.135 e. The van der Waals surface area contributed by atoms with Gasteiger partial charge in [-0.1, -0.05) is 170 Å². The molecule has 0 amide bonds. The van der Waals surface area contributed by atoms with Gasteiger partial charge in [0.05, 0.1) is 0 Å². The van der Waals surface area contributed by atoms with E-state index in [4.69, 9.17) is 4.42 Å². The Balaban J connectivity index is 0.992. The van der Waals surface area contributed by atoms with Crippen LogP contribution in [0.25, 0.3) is 44.2 Å². The van der Waals surface area contributed by atoms with E-state index >= 15 is 0 Å². The van der Waals surface area contributed by atoms with Gasteiger partial charge in [0, 0.05) is 79.0 Å². The van der Waals surface area contributed by atoms with Gasteiger partial charge >= 0.3 is 0 Å². The van der Waals surface area contributed by atoms with Crippen molar-refractivity contribution in [2.75, 3.05) is 19.6 Å². The third-order valence-corrected chi connectivity index (χ3v) is 14.1. The molecule has 12 aromatic carbocycles. The molecule has 0 atom stereocenters. The zero-order valence-corrected chi connectivity index (χ0v) is 42.2. The number of hydrogen-bond acceptors (Lipinski definition) is 5. The number of benzene rings is 12. The van der Waals surface area contributed by atoms with Crippen LogP contribution in [0.1, 0.15) is 0 Å². The Kier molecular flexibility index (Phi) is 12.6. The molecular formula is C72H52N4O. The molecule has 0 radical (unpaired) electrons. The zero-order valence-electron chi connectivity index (χ0n) is 42.2. The molecule has 0 fully saturated rings. The van der Waals surface area contributed by atoms with Crippen LogP contribution in [0.2, 0.25) is 0 Å². The van der Waals surface area contributed by atoms with Crippen LogP contribution in [0.3, 0.4) is 0 Å². The lowest BCUT2D eigenvalue weighted by atomic mass is 10.0. The summed E-state index contributed by atoms with van der Waals surface area (Å²) in [6.07, 6.45) is 0. The second-order valence-corrected chi connectivity index (χ2v) is 19.0. The molecule has 1 heterocycles. The third kappa shape index (κ3) is 9.46. The number of nitrogens with zero attached hydrogens (tertiary/aromatic N) is 4. The van der Waals surface area contributed by atoms with Crippen molar-refractivity contribution in [2.24, 2.45) is 0 Å². The van der Waals surface area contributed by atoms with Crippen molar-refractivity contribution in [3.05, 3.63) is 315 Å². The van der Waals surface area contributed by atoms with Crippen LogP contribution < -0.4 is 19.6 Å². The van der Waals surface area contributed by atoms with Crippen LogP contribution in [-0.4, -0.2) is 0 Å². The van der Waals surface area contributed by atoms with Gasteiger partial charge < -0.3 is 24.0 Å². The monoisotopic (exact) mass is 988 g/mol. The lowest BCUT2D eigenvalue weighted by Gasteiger charge is -2.30. The minimum absolute atomic E-state index is 0.813. The maximum Gasteiger partial charge on any atom is 0.135 e. The van der Waals surface area contributed by atoms with Crippen molar-refractivity contribution >= 4 is 90.2 Å². The van der Waals surface area contributed by atoms with Crippen molar-refractivity contribution in [3.8, 4) is 22.3 Å². The van der Waals surface area contributed by atoms with E-state index < -0.39 is 0 Å². The fourth-order valence-corrected chi connectivity index (χ4v) is 10.6. The lowest BCUT2D eigenvalue weighted by molar-refractivity contribution is 0.669. The second-order valence-electron chi connectivity index (χ2n) is 19.0. The summed E-state index contributed by atoms with van der Waals surface area (Å²) in [6, 6.07) is 112. The molecule has 13 rings (SSSR count). The van der Waals surface area contributed by atoms with Crippen LogP contribution in [0.5, 0.6) is 0 Å². The molecule has 5 heteroatoms. The van der Waals surface area contributed by atoms with Gasteiger partial charge in [0.25, 0.3) is 0 Å². The molecule has 366 valence electrons.